The lowest BCUT2D eigenvalue weighted by atomic mass is 10.2. The van der Waals surface area contributed by atoms with Gasteiger partial charge in [0.15, 0.2) is 11.5 Å². The molecule has 3 aromatic rings. The van der Waals surface area contributed by atoms with Gasteiger partial charge in [-0.05, 0) is 37.6 Å². The molecule has 1 amide bonds. The van der Waals surface area contributed by atoms with E-state index in [0.29, 0.717) is 17.3 Å². The number of aromatic nitrogens is 2. The van der Waals surface area contributed by atoms with Gasteiger partial charge in [0.1, 0.15) is 12.4 Å². The molecule has 0 aliphatic rings. The summed E-state index contributed by atoms with van der Waals surface area (Å²) in [6.07, 6.45) is 1.55. The van der Waals surface area contributed by atoms with Crippen LogP contribution >= 0.6 is 11.6 Å². The van der Waals surface area contributed by atoms with E-state index in [1.807, 2.05) is 6.92 Å². The number of carbonyl (C=O) groups excluding carboxylic acids is 1. The Morgan fingerprint density at radius 1 is 1.37 bits per heavy atom. The van der Waals surface area contributed by atoms with Crippen molar-refractivity contribution in [3.63, 3.8) is 0 Å². The first-order valence-corrected chi connectivity index (χ1v) is 9.60. The third kappa shape index (κ3) is 4.62. The van der Waals surface area contributed by atoms with Crippen molar-refractivity contribution in [2.45, 2.75) is 33.5 Å². The van der Waals surface area contributed by atoms with Crippen LogP contribution < -0.4 is 4.74 Å². The number of nitro benzene ring substituents is 1. The number of nitrogens with zero attached hydrogens (tertiary/aromatic N) is 4. The molecule has 0 spiro atoms. The highest BCUT2D eigenvalue weighted by Crippen LogP contribution is 2.28. The van der Waals surface area contributed by atoms with Gasteiger partial charge < -0.3 is 14.1 Å². The zero-order chi connectivity index (χ0) is 21.8. The van der Waals surface area contributed by atoms with E-state index in [4.69, 9.17) is 20.8 Å². The highest BCUT2D eigenvalue weighted by molar-refractivity contribution is 6.31. The molecule has 30 heavy (non-hydrogen) atoms. The Kier molecular flexibility index (Phi) is 6.41. The second-order valence-corrected chi connectivity index (χ2v) is 7.11. The molecule has 0 radical (unpaired) electrons. The van der Waals surface area contributed by atoms with E-state index in [2.05, 4.69) is 5.10 Å². The van der Waals surface area contributed by atoms with Gasteiger partial charge in [-0.2, -0.15) is 5.10 Å². The fourth-order valence-electron chi connectivity index (χ4n) is 2.91. The molecule has 0 saturated carbocycles. The van der Waals surface area contributed by atoms with Crippen LogP contribution in [0.3, 0.4) is 0 Å². The molecule has 3 rings (SSSR count). The quantitative estimate of drug-likeness (QED) is 0.390. The van der Waals surface area contributed by atoms with Gasteiger partial charge in [0.2, 0.25) is 0 Å². The standard InChI is InChI=1S/C20H21ClN4O5/c1-4-24-17(15(21)10-22-24)11-23(3)20(26)19-8-6-14(30-19)12-29-18-7-5-13(2)9-16(18)25(27)28/h5-10H,4,11-12H2,1-3H3. The maximum Gasteiger partial charge on any atom is 0.311 e. The van der Waals surface area contributed by atoms with Gasteiger partial charge >= 0.3 is 5.69 Å². The number of benzene rings is 1. The molecule has 0 aliphatic carbocycles. The van der Waals surface area contributed by atoms with Crippen LogP contribution in [0.15, 0.2) is 40.9 Å². The second-order valence-electron chi connectivity index (χ2n) is 6.70. The average Bonchev–Trinajstić information content (AvgIpc) is 3.33. The number of halogens is 1. The summed E-state index contributed by atoms with van der Waals surface area (Å²) in [6.45, 7) is 4.56. The molecule has 2 heterocycles. The van der Waals surface area contributed by atoms with Crippen LogP contribution in [0.4, 0.5) is 5.69 Å². The first kappa shape index (κ1) is 21.4. The molecule has 0 atom stereocenters. The van der Waals surface area contributed by atoms with Crippen molar-refractivity contribution < 1.29 is 18.9 Å². The summed E-state index contributed by atoms with van der Waals surface area (Å²) in [6, 6.07) is 7.84. The molecule has 9 nitrogen and oxygen atoms in total. The zero-order valence-corrected chi connectivity index (χ0v) is 17.5. The predicted molar refractivity (Wildman–Crippen MR) is 110 cm³/mol. The van der Waals surface area contributed by atoms with E-state index in [1.165, 1.54) is 17.0 Å². The van der Waals surface area contributed by atoms with Crippen LogP contribution in [-0.4, -0.2) is 32.6 Å². The molecule has 0 unspecified atom stereocenters. The number of nitro groups is 1. The minimum absolute atomic E-state index is 0.0463. The van der Waals surface area contributed by atoms with Gasteiger partial charge in [-0.1, -0.05) is 17.7 Å². The Morgan fingerprint density at radius 3 is 2.83 bits per heavy atom. The minimum atomic E-state index is -0.499. The number of aryl methyl sites for hydroxylation is 2. The normalized spacial score (nSPS) is 10.8. The first-order chi connectivity index (χ1) is 14.3. The molecule has 10 heteroatoms. The molecule has 0 fully saturated rings. The van der Waals surface area contributed by atoms with Gasteiger partial charge in [0.25, 0.3) is 5.91 Å². The number of ether oxygens (including phenoxy) is 1. The summed E-state index contributed by atoms with van der Waals surface area (Å²) in [5.74, 6) is 0.309. The highest BCUT2D eigenvalue weighted by Gasteiger charge is 2.20. The number of amides is 1. The largest absolute Gasteiger partial charge is 0.479 e. The van der Waals surface area contributed by atoms with E-state index in [-0.39, 0.29) is 36.3 Å². The fourth-order valence-corrected chi connectivity index (χ4v) is 3.11. The topological polar surface area (TPSA) is 104 Å². The summed E-state index contributed by atoms with van der Waals surface area (Å²) in [5.41, 5.74) is 1.37. The summed E-state index contributed by atoms with van der Waals surface area (Å²) in [7, 11) is 1.64. The van der Waals surface area contributed by atoms with Gasteiger partial charge in [-0.25, -0.2) is 0 Å². The van der Waals surface area contributed by atoms with Gasteiger partial charge in [0.05, 0.1) is 28.4 Å². The average molecular weight is 433 g/mol. The van der Waals surface area contributed by atoms with Crippen molar-refractivity contribution in [2.75, 3.05) is 7.05 Å². The second kappa shape index (κ2) is 9.00. The third-order valence-corrected chi connectivity index (χ3v) is 4.80. The number of furan rings is 1. The third-order valence-electron chi connectivity index (χ3n) is 4.48. The molecule has 1 aromatic carbocycles. The van der Waals surface area contributed by atoms with Crippen LogP contribution in [0.1, 0.15) is 34.5 Å². The van der Waals surface area contributed by atoms with Gasteiger partial charge in [-0.15, -0.1) is 0 Å². The smallest absolute Gasteiger partial charge is 0.311 e. The Labute approximate surface area is 177 Å². The van der Waals surface area contributed by atoms with Gasteiger partial charge in [-0.3, -0.25) is 19.6 Å². The Balaban J connectivity index is 1.67. The Hall–Kier alpha value is -3.33. The van der Waals surface area contributed by atoms with Crippen molar-refractivity contribution in [3.05, 3.63) is 74.4 Å². The van der Waals surface area contributed by atoms with E-state index in [9.17, 15) is 14.9 Å². The lowest BCUT2D eigenvalue weighted by Gasteiger charge is -2.16. The zero-order valence-electron chi connectivity index (χ0n) is 16.8. The minimum Gasteiger partial charge on any atom is -0.479 e. The Bertz CT molecular complexity index is 1080. The number of hydrogen-bond donors (Lipinski definition) is 0. The lowest BCUT2D eigenvalue weighted by molar-refractivity contribution is -0.386. The molecule has 0 saturated heterocycles. The highest BCUT2D eigenvalue weighted by atomic mass is 35.5. The van der Waals surface area contributed by atoms with Crippen LogP contribution in [-0.2, 0) is 19.7 Å². The van der Waals surface area contributed by atoms with Crippen molar-refractivity contribution in [1.29, 1.82) is 0 Å². The van der Waals surface area contributed by atoms with Crippen LogP contribution in [0.2, 0.25) is 5.02 Å². The monoisotopic (exact) mass is 432 g/mol. The number of hydrogen-bond acceptors (Lipinski definition) is 6. The van der Waals surface area contributed by atoms with Crippen molar-refractivity contribution >= 4 is 23.2 Å². The van der Waals surface area contributed by atoms with Crippen molar-refractivity contribution in [1.82, 2.24) is 14.7 Å². The molecular formula is C20H21ClN4O5. The summed E-state index contributed by atoms with van der Waals surface area (Å²) < 4.78 is 12.8. The van der Waals surface area contributed by atoms with Crippen LogP contribution in [0.25, 0.3) is 0 Å². The van der Waals surface area contributed by atoms with Crippen LogP contribution in [0.5, 0.6) is 5.75 Å². The molecule has 0 aliphatic heterocycles. The van der Waals surface area contributed by atoms with Gasteiger partial charge in [0, 0.05) is 19.7 Å². The summed E-state index contributed by atoms with van der Waals surface area (Å²) in [5, 5.41) is 15.8. The number of carbonyl (C=O) groups is 1. The van der Waals surface area contributed by atoms with Crippen LogP contribution in [0, 0.1) is 17.0 Å². The molecular weight excluding hydrogens is 412 g/mol. The van der Waals surface area contributed by atoms with Crippen molar-refractivity contribution in [3.8, 4) is 5.75 Å². The van der Waals surface area contributed by atoms with E-state index < -0.39 is 4.92 Å². The fraction of sp³-hybridized carbons (Fsp3) is 0.300. The molecule has 2 aromatic heterocycles. The summed E-state index contributed by atoms with van der Waals surface area (Å²) >= 11 is 6.16. The SMILES string of the molecule is CCn1ncc(Cl)c1CN(C)C(=O)c1ccc(COc2ccc(C)cc2[N+](=O)[O-])o1. The van der Waals surface area contributed by atoms with Crippen molar-refractivity contribution in [2.24, 2.45) is 0 Å². The number of rotatable bonds is 8. The Morgan fingerprint density at radius 2 is 2.13 bits per heavy atom. The van der Waals surface area contributed by atoms with E-state index >= 15 is 0 Å². The maximum absolute atomic E-state index is 12.7. The summed E-state index contributed by atoms with van der Waals surface area (Å²) in [4.78, 5) is 24.8. The molecule has 0 N–H and O–H groups in total. The van der Waals surface area contributed by atoms with E-state index in [1.54, 1.807) is 43.0 Å². The first-order valence-electron chi connectivity index (χ1n) is 9.22. The lowest BCUT2D eigenvalue weighted by Crippen LogP contribution is -2.27. The molecule has 0 bridgehead atoms. The maximum atomic E-state index is 12.7. The molecule has 158 valence electrons. The van der Waals surface area contributed by atoms with E-state index in [0.717, 1.165) is 11.3 Å². The predicted octanol–water partition coefficient (Wildman–Crippen LogP) is 4.22.